The molecule has 1 amide bonds. The lowest BCUT2D eigenvalue weighted by Gasteiger charge is -2.28. The monoisotopic (exact) mass is 271 g/mol. The third kappa shape index (κ3) is 2.91. The van der Waals surface area contributed by atoms with E-state index in [1.54, 1.807) is 0 Å². The summed E-state index contributed by atoms with van der Waals surface area (Å²) in [5.41, 5.74) is 5.04. The zero-order valence-corrected chi connectivity index (χ0v) is 10.5. The minimum Gasteiger partial charge on any atom is -0.370 e. The molecule has 0 aliphatic heterocycles. The van der Waals surface area contributed by atoms with Crippen LogP contribution in [0.15, 0.2) is 24.3 Å². The number of hydrogen-bond donors (Lipinski definition) is 1. The fourth-order valence-electron chi connectivity index (χ4n) is 2.97. The first-order chi connectivity index (χ1) is 8.83. The van der Waals surface area contributed by atoms with Crippen LogP contribution < -0.4 is 5.73 Å². The van der Waals surface area contributed by atoms with Gasteiger partial charge in [0.15, 0.2) is 0 Å². The van der Waals surface area contributed by atoms with Crippen molar-refractivity contribution in [2.75, 3.05) is 0 Å². The summed E-state index contributed by atoms with van der Waals surface area (Å²) in [6, 6.07) is 5.13. The van der Waals surface area contributed by atoms with Crippen LogP contribution in [-0.2, 0) is 16.4 Å². The smallest absolute Gasteiger partial charge is 0.370 e. The molecular weight excluding hydrogens is 255 g/mol. The van der Waals surface area contributed by atoms with Crippen molar-refractivity contribution in [1.29, 1.82) is 0 Å². The second-order valence-corrected chi connectivity index (χ2v) is 5.21. The Kier molecular flexibility index (Phi) is 3.56. The van der Waals surface area contributed by atoms with Gasteiger partial charge in [0.25, 0.3) is 0 Å². The Morgan fingerprint density at radius 3 is 2.11 bits per heavy atom. The van der Waals surface area contributed by atoms with Crippen LogP contribution in [0, 0.1) is 0 Å². The zero-order valence-electron chi connectivity index (χ0n) is 10.5. The van der Waals surface area contributed by atoms with Gasteiger partial charge in [-0.25, -0.2) is 0 Å². The van der Waals surface area contributed by atoms with Gasteiger partial charge in [-0.3, -0.25) is 4.79 Å². The van der Waals surface area contributed by atoms with Crippen LogP contribution in [0.1, 0.15) is 43.2 Å². The molecule has 1 aliphatic carbocycles. The number of hydrogen-bond acceptors (Lipinski definition) is 1. The Morgan fingerprint density at radius 1 is 1.16 bits per heavy atom. The van der Waals surface area contributed by atoms with Crippen LogP contribution in [0.4, 0.5) is 13.2 Å². The van der Waals surface area contributed by atoms with Gasteiger partial charge in [-0.1, -0.05) is 25.0 Å². The van der Waals surface area contributed by atoms with E-state index in [9.17, 15) is 18.0 Å². The van der Waals surface area contributed by atoms with E-state index < -0.39 is 17.6 Å². The molecular formula is C14H16F3NO. The van der Waals surface area contributed by atoms with Gasteiger partial charge in [0.1, 0.15) is 0 Å². The maximum Gasteiger partial charge on any atom is 0.416 e. The van der Waals surface area contributed by atoms with E-state index in [1.165, 1.54) is 12.1 Å². The van der Waals surface area contributed by atoms with E-state index in [0.717, 1.165) is 43.4 Å². The van der Waals surface area contributed by atoms with Crippen molar-refractivity contribution in [3.05, 3.63) is 35.4 Å². The van der Waals surface area contributed by atoms with Crippen LogP contribution in [0.3, 0.4) is 0 Å². The van der Waals surface area contributed by atoms with Crippen molar-refractivity contribution in [3.8, 4) is 0 Å². The van der Waals surface area contributed by atoms with Gasteiger partial charge < -0.3 is 5.73 Å². The molecule has 1 saturated carbocycles. The summed E-state index contributed by atoms with van der Waals surface area (Å²) in [6.45, 7) is 0. The van der Waals surface area contributed by atoms with Gasteiger partial charge in [-0.05, 0) is 30.5 Å². The SMILES string of the molecule is NC(=O)CC1(c2ccc(C(F)(F)F)cc2)CCCC1. The number of carbonyl (C=O) groups is 1. The molecule has 0 spiro atoms. The third-order valence-electron chi connectivity index (χ3n) is 3.90. The highest BCUT2D eigenvalue weighted by Gasteiger charge is 2.38. The van der Waals surface area contributed by atoms with Crippen LogP contribution in [-0.4, -0.2) is 5.91 Å². The summed E-state index contributed by atoms with van der Waals surface area (Å²) < 4.78 is 37.6. The fourth-order valence-corrected chi connectivity index (χ4v) is 2.97. The number of carbonyl (C=O) groups excluding carboxylic acids is 1. The average molecular weight is 271 g/mol. The Hall–Kier alpha value is -1.52. The van der Waals surface area contributed by atoms with Crippen molar-refractivity contribution in [3.63, 3.8) is 0 Å². The minimum absolute atomic E-state index is 0.207. The normalized spacial score (nSPS) is 18.5. The Bertz CT molecular complexity index is 459. The number of rotatable bonds is 3. The molecule has 5 heteroatoms. The largest absolute Gasteiger partial charge is 0.416 e. The van der Waals surface area contributed by atoms with E-state index in [4.69, 9.17) is 5.73 Å². The summed E-state index contributed by atoms with van der Waals surface area (Å²) in [5.74, 6) is -0.401. The summed E-state index contributed by atoms with van der Waals surface area (Å²) >= 11 is 0. The van der Waals surface area contributed by atoms with Crippen molar-refractivity contribution >= 4 is 5.91 Å². The maximum absolute atomic E-state index is 12.5. The standard InChI is InChI=1S/C14H16F3NO/c15-14(16,17)11-5-3-10(4-6-11)13(9-12(18)19)7-1-2-8-13/h3-6H,1-2,7-9H2,(H2,18,19). The number of halogens is 3. The molecule has 1 aromatic rings. The molecule has 0 aromatic heterocycles. The van der Waals surface area contributed by atoms with Gasteiger partial charge in [-0.15, -0.1) is 0 Å². The molecule has 0 bridgehead atoms. The molecule has 2 rings (SSSR count). The molecule has 1 fully saturated rings. The van der Waals surface area contributed by atoms with Crippen LogP contribution in [0.2, 0.25) is 0 Å². The molecule has 0 heterocycles. The highest BCUT2D eigenvalue weighted by atomic mass is 19.4. The zero-order chi connectivity index (χ0) is 14.1. The Morgan fingerprint density at radius 2 is 1.68 bits per heavy atom. The van der Waals surface area contributed by atoms with E-state index in [0.29, 0.717) is 0 Å². The second kappa shape index (κ2) is 4.87. The molecule has 0 saturated heterocycles. The number of nitrogens with two attached hydrogens (primary N) is 1. The predicted octanol–water partition coefficient (Wildman–Crippen LogP) is 3.39. The lowest BCUT2D eigenvalue weighted by molar-refractivity contribution is -0.137. The number of benzene rings is 1. The van der Waals surface area contributed by atoms with E-state index in [2.05, 4.69) is 0 Å². The lowest BCUT2D eigenvalue weighted by atomic mass is 9.76. The molecule has 0 atom stereocenters. The predicted molar refractivity (Wildman–Crippen MR) is 65.4 cm³/mol. The Labute approximate surface area is 109 Å². The van der Waals surface area contributed by atoms with Crippen molar-refractivity contribution < 1.29 is 18.0 Å². The summed E-state index contributed by atoms with van der Waals surface area (Å²) in [6.07, 6.45) is -0.547. The van der Waals surface area contributed by atoms with Crippen LogP contribution in [0.5, 0.6) is 0 Å². The average Bonchev–Trinajstić information content (AvgIpc) is 2.77. The minimum atomic E-state index is -4.33. The summed E-state index contributed by atoms with van der Waals surface area (Å²) in [5, 5.41) is 0. The van der Waals surface area contributed by atoms with Gasteiger partial charge in [-0.2, -0.15) is 13.2 Å². The first kappa shape index (κ1) is 13.9. The highest BCUT2D eigenvalue weighted by molar-refractivity contribution is 5.75. The van der Waals surface area contributed by atoms with Crippen molar-refractivity contribution in [1.82, 2.24) is 0 Å². The molecule has 2 nitrogen and oxygen atoms in total. The van der Waals surface area contributed by atoms with Crippen molar-refractivity contribution in [2.45, 2.75) is 43.7 Å². The Balaban J connectivity index is 2.31. The molecule has 104 valence electrons. The maximum atomic E-state index is 12.5. The molecule has 2 N–H and O–H groups in total. The van der Waals surface area contributed by atoms with Crippen LogP contribution in [0.25, 0.3) is 0 Å². The van der Waals surface area contributed by atoms with E-state index in [-0.39, 0.29) is 11.8 Å². The van der Waals surface area contributed by atoms with Gasteiger partial charge in [0, 0.05) is 11.8 Å². The molecule has 0 unspecified atom stereocenters. The highest BCUT2D eigenvalue weighted by Crippen LogP contribution is 2.44. The topological polar surface area (TPSA) is 43.1 Å². The van der Waals surface area contributed by atoms with E-state index >= 15 is 0 Å². The first-order valence-electron chi connectivity index (χ1n) is 6.30. The quantitative estimate of drug-likeness (QED) is 0.899. The first-order valence-corrected chi connectivity index (χ1v) is 6.30. The van der Waals surface area contributed by atoms with Crippen LogP contribution >= 0.6 is 0 Å². The second-order valence-electron chi connectivity index (χ2n) is 5.21. The van der Waals surface area contributed by atoms with Gasteiger partial charge in [0.2, 0.25) is 5.91 Å². The number of amides is 1. The molecule has 19 heavy (non-hydrogen) atoms. The van der Waals surface area contributed by atoms with Gasteiger partial charge in [0.05, 0.1) is 5.56 Å². The fraction of sp³-hybridized carbons (Fsp3) is 0.500. The third-order valence-corrected chi connectivity index (χ3v) is 3.90. The molecule has 1 aromatic carbocycles. The number of alkyl halides is 3. The van der Waals surface area contributed by atoms with Gasteiger partial charge >= 0.3 is 6.18 Å². The summed E-state index contributed by atoms with van der Waals surface area (Å²) in [4.78, 5) is 11.2. The van der Waals surface area contributed by atoms with E-state index in [1.807, 2.05) is 0 Å². The summed E-state index contributed by atoms with van der Waals surface area (Å²) in [7, 11) is 0. The van der Waals surface area contributed by atoms with Crippen molar-refractivity contribution in [2.24, 2.45) is 5.73 Å². The lowest BCUT2D eigenvalue weighted by Crippen LogP contribution is -2.29. The molecule has 1 aliphatic rings. The number of primary amides is 1. The molecule has 0 radical (unpaired) electrons.